The molecule has 0 radical (unpaired) electrons. The second kappa shape index (κ2) is 5.42. The molecule has 0 bridgehead atoms. The molecule has 3 heterocycles. The molecule has 3 rings (SSSR count). The molecule has 0 amide bonds. The first kappa shape index (κ1) is 12.2. The van der Waals surface area contributed by atoms with Crippen LogP contribution in [-0.4, -0.2) is 40.9 Å². The number of aliphatic hydroxyl groups is 1. The van der Waals surface area contributed by atoms with Gasteiger partial charge in [-0.25, -0.2) is 4.98 Å². The Bertz CT molecular complexity index is 604. The Kier molecular flexibility index (Phi) is 3.48. The van der Waals surface area contributed by atoms with Crippen LogP contribution in [0.1, 0.15) is 12.0 Å². The van der Waals surface area contributed by atoms with Gasteiger partial charge in [0, 0.05) is 18.0 Å². The van der Waals surface area contributed by atoms with E-state index in [1.807, 2.05) is 22.9 Å². The van der Waals surface area contributed by atoms with E-state index in [-0.39, 0.29) is 13.2 Å². The Balaban J connectivity index is 2.05. The molecule has 5 nitrogen and oxygen atoms in total. The van der Waals surface area contributed by atoms with E-state index in [9.17, 15) is 0 Å². The van der Waals surface area contributed by atoms with Crippen LogP contribution in [0.2, 0.25) is 0 Å². The molecule has 1 N–H and O–H groups in total. The lowest BCUT2D eigenvalue weighted by atomic mass is 10.0. The summed E-state index contributed by atoms with van der Waals surface area (Å²) in [4.78, 5) is 4.30. The second-order valence-electron chi connectivity index (χ2n) is 4.37. The van der Waals surface area contributed by atoms with Crippen LogP contribution in [0.4, 0.5) is 0 Å². The number of aliphatic hydroxyl groups excluding tert-OH is 1. The smallest absolute Gasteiger partial charge is 0.143 e. The molecule has 0 unspecified atom stereocenters. The van der Waals surface area contributed by atoms with Crippen molar-refractivity contribution in [2.45, 2.75) is 6.42 Å². The largest absolute Gasteiger partial charge is 0.489 e. The molecular formula is C14H16N2O3. The fourth-order valence-electron chi connectivity index (χ4n) is 2.23. The first-order valence-corrected chi connectivity index (χ1v) is 6.36. The van der Waals surface area contributed by atoms with Gasteiger partial charge in [0.25, 0.3) is 0 Å². The molecule has 100 valence electrons. The van der Waals surface area contributed by atoms with E-state index >= 15 is 0 Å². The predicted octanol–water partition coefficient (Wildman–Crippen LogP) is 1.51. The summed E-state index contributed by atoms with van der Waals surface area (Å²) in [7, 11) is 0. The SMILES string of the molecule is OCCOc1cn2ccnc2cc1C1=CCOCC1. The molecule has 0 aliphatic carbocycles. The van der Waals surface area contributed by atoms with Crippen LogP contribution in [-0.2, 0) is 4.74 Å². The molecular weight excluding hydrogens is 244 g/mol. The third-order valence-corrected chi connectivity index (χ3v) is 3.15. The Hall–Kier alpha value is -1.85. The maximum atomic E-state index is 8.92. The Morgan fingerprint density at radius 2 is 2.42 bits per heavy atom. The van der Waals surface area contributed by atoms with Gasteiger partial charge in [0.15, 0.2) is 0 Å². The number of rotatable bonds is 4. The van der Waals surface area contributed by atoms with Gasteiger partial charge in [0.05, 0.1) is 26.0 Å². The number of nitrogens with zero attached hydrogens (tertiary/aromatic N) is 2. The molecule has 2 aromatic rings. The number of hydrogen-bond acceptors (Lipinski definition) is 4. The van der Waals surface area contributed by atoms with Crippen LogP contribution in [0.15, 0.2) is 30.7 Å². The third-order valence-electron chi connectivity index (χ3n) is 3.15. The highest BCUT2D eigenvalue weighted by Gasteiger charge is 2.14. The molecule has 1 aliphatic rings. The van der Waals surface area contributed by atoms with Gasteiger partial charge in [0.1, 0.15) is 18.0 Å². The summed E-state index contributed by atoms with van der Waals surface area (Å²) >= 11 is 0. The summed E-state index contributed by atoms with van der Waals surface area (Å²) in [5, 5.41) is 8.92. The quantitative estimate of drug-likeness (QED) is 0.905. The maximum Gasteiger partial charge on any atom is 0.143 e. The van der Waals surface area contributed by atoms with Gasteiger partial charge in [0.2, 0.25) is 0 Å². The summed E-state index contributed by atoms with van der Waals surface area (Å²) in [6.07, 6.45) is 8.48. The van der Waals surface area contributed by atoms with E-state index in [1.165, 1.54) is 5.57 Å². The summed E-state index contributed by atoms with van der Waals surface area (Å²) in [5.74, 6) is 0.771. The zero-order valence-corrected chi connectivity index (χ0v) is 10.6. The van der Waals surface area contributed by atoms with E-state index in [4.69, 9.17) is 14.6 Å². The van der Waals surface area contributed by atoms with Crippen LogP contribution in [0, 0.1) is 0 Å². The fourth-order valence-corrected chi connectivity index (χ4v) is 2.23. The van der Waals surface area contributed by atoms with Crippen molar-refractivity contribution in [3.63, 3.8) is 0 Å². The van der Waals surface area contributed by atoms with Crippen molar-refractivity contribution in [1.82, 2.24) is 9.38 Å². The van der Waals surface area contributed by atoms with Crippen molar-refractivity contribution in [3.05, 3.63) is 36.3 Å². The molecule has 0 aromatic carbocycles. The first-order valence-electron chi connectivity index (χ1n) is 6.36. The average molecular weight is 260 g/mol. The van der Waals surface area contributed by atoms with Crippen LogP contribution >= 0.6 is 0 Å². The lowest BCUT2D eigenvalue weighted by molar-refractivity contribution is 0.161. The molecule has 0 spiro atoms. The van der Waals surface area contributed by atoms with Gasteiger partial charge in [-0.15, -0.1) is 0 Å². The molecule has 0 fully saturated rings. The van der Waals surface area contributed by atoms with Crippen LogP contribution in [0.5, 0.6) is 5.75 Å². The van der Waals surface area contributed by atoms with Gasteiger partial charge in [-0.2, -0.15) is 0 Å². The minimum Gasteiger partial charge on any atom is -0.489 e. The Morgan fingerprint density at radius 1 is 1.47 bits per heavy atom. The Labute approximate surface area is 111 Å². The highest BCUT2D eigenvalue weighted by Crippen LogP contribution is 2.30. The van der Waals surface area contributed by atoms with E-state index < -0.39 is 0 Å². The van der Waals surface area contributed by atoms with Gasteiger partial charge < -0.3 is 19.0 Å². The molecule has 0 saturated carbocycles. The first-order chi connectivity index (χ1) is 9.38. The van der Waals surface area contributed by atoms with Crippen molar-refractivity contribution in [1.29, 1.82) is 0 Å². The normalized spacial score (nSPS) is 15.5. The second-order valence-corrected chi connectivity index (χ2v) is 4.37. The number of imidazole rings is 1. The zero-order valence-electron chi connectivity index (χ0n) is 10.6. The Morgan fingerprint density at radius 3 is 3.21 bits per heavy atom. The highest BCUT2D eigenvalue weighted by atomic mass is 16.5. The zero-order chi connectivity index (χ0) is 13.1. The number of aromatic nitrogens is 2. The van der Waals surface area contributed by atoms with Crippen LogP contribution < -0.4 is 4.74 Å². The van der Waals surface area contributed by atoms with Crippen molar-refractivity contribution < 1.29 is 14.6 Å². The number of hydrogen-bond donors (Lipinski definition) is 1. The fraction of sp³-hybridized carbons (Fsp3) is 0.357. The minimum atomic E-state index is 0.00354. The van der Waals surface area contributed by atoms with Gasteiger partial charge in [-0.3, -0.25) is 0 Å². The molecule has 0 atom stereocenters. The highest BCUT2D eigenvalue weighted by molar-refractivity contribution is 5.73. The summed E-state index contributed by atoms with van der Waals surface area (Å²) in [6, 6.07) is 2.02. The number of pyridine rings is 1. The third kappa shape index (κ3) is 2.47. The predicted molar refractivity (Wildman–Crippen MR) is 71.2 cm³/mol. The van der Waals surface area contributed by atoms with Crippen molar-refractivity contribution in [2.24, 2.45) is 0 Å². The summed E-state index contributed by atoms with van der Waals surface area (Å²) < 4.78 is 12.9. The molecule has 0 saturated heterocycles. The molecule has 5 heteroatoms. The van der Waals surface area contributed by atoms with Gasteiger partial charge in [-0.05, 0) is 18.1 Å². The van der Waals surface area contributed by atoms with E-state index in [0.29, 0.717) is 6.61 Å². The lowest BCUT2D eigenvalue weighted by Crippen LogP contribution is -2.08. The van der Waals surface area contributed by atoms with Gasteiger partial charge >= 0.3 is 0 Å². The van der Waals surface area contributed by atoms with Gasteiger partial charge in [-0.1, -0.05) is 6.08 Å². The van der Waals surface area contributed by atoms with E-state index in [1.54, 1.807) is 6.20 Å². The maximum absolute atomic E-state index is 8.92. The summed E-state index contributed by atoms with van der Waals surface area (Å²) in [5.41, 5.74) is 3.14. The molecule has 2 aromatic heterocycles. The molecule has 1 aliphatic heterocycles. The minimum absolute atomic E-state index is 0.00354. The molecule has 19 heavy (non-hydrogen) atoms. The number of fused-ring (bicyclic) bond motifs is 1. The van der Waals surface area contributed by atoms with Crippen molar-refractivity contribution in [2.75, 3.05) is 26.4 Å². The standard InChI is InChI=1S/C14H16N2O3/c17-5-8-19-13-10-16-4-3-15-14(16)9-12(13)11-1-6-18-7-2-11/h1,3-4,9-10,17H,2,5-8H2. The van der Waals surface area contributed by atoms with E-state index in [0.717, 1.165) is 30.0 Å². The van der Waals surface area contributed by atoms with E-state index in [2.05, 4.69) is 11.1 Å². The van der Waals surface area contributed by atoms with Crippen molar-refractivity contribution >= 4 is 11.2 Å². The topological polar surface area (TPSA) is 56.0 Å². The van der Waals surface area contributed by atoms with Crippen molar-refractivity contribution in [3.8, 4) is 5.75 Å². The monoisotopic (exact) mass is 260 g/mol. The average Bonchev–Trinajstić information content (AvgIpc) is 2.92. The summed E-state index contributed by atoms with van der Waals surface area (Å²) in [6.45, 7) is 1.65. The number of ether oxygens (including phenoxy) is 2. The van der Waals surface area contributed by atoms with Crippen LogP contribution in [0.25, 0.3) is 11.2 Å². The van der Waals surface area contributed by atoms with Crippen LogP contribution in [0.3, 0.4) is 0 Å². The lowest BCUT2D eigenvalue weighted by Gasteiger charge is -2.17.